The van der Waals surface area contributed by atoms with Crippen LogP contribution in [0.25, 0.3) is 0 Å². The molecule has 2 aromatic carbocycles. The number of phenolic OH excluding ortho intramolecular Hbond substituents is 1. The van der Waals surface area contributed by atoms with Gasteiger partial charge in [0.15, 0.2) is 0 Å². The van der Waals surface area contributed by atoms with Crippen LogP contribution in [-0.2, 0) is 14.3 Å². The number of amides is 3. The van der Waals surface area contributed by atoms with Crippen molar-refractivity contribution in [3.63, 3.8) is 0 Å². The second-order valence-electron chi connectivity index (χ2n) is 11.5. The highest BCUT2D eigenvalue weighted by atomic mass is 16.6. The number of aryl methyl sites for hydroxylation is 1. The normalized spacial score (nSPS) is 13.7. The minimum atomic E-state index is -1.04. The van der Waals surface area contributed by atoms with E-state index in [1.54, 1.807) is 71.2 Å². The van der Waals surface area contributed by atoms with Gasteiger partial charge in [-0.2, -0.15) is 0 Å². The maximum Gasteiger partial charge on any atom is 0.408 e. The first kappa shape index (κ1) is 32.5. The quantitative estimate of drug-likeness (QED) is 0.315. The smallest absolute Gasteiger partial charge is 0.408 e. The minimum Gasteiger partial charge on any atom is -0.508 e. The number of hydrogen-bond donors (Lipinski definition) is 3. The fourth-order valence-electron chi connectivity index (χ4n) is 4.29. The number of hydrogen-bond acceptors (Lipinski definition) is 6. The molecule has 0 aliphatic carbocycles. The van der Waals surface area contributed by atoms with E-state index in [-0.39, 0.29) is 17.7 Å². The maximum atomic E-state index is 14.3. The number of phenols is 1. The molecule has 0 aromatic heterocycles. The lowest BCUT2D eigenvalue weighted by Crippen LogP contribution is -2.55. The van der Waals surface area contributed by atoms with E-state index in [9.17, 15) is 19.5 Å². The van der Waals surface area contributed by atoms with Crippen molar-refractivity contribution in [3.8, 4) is 11.5 Å². The van der Waals surface area contributed by atoms with Gasteiger partial charge in [0.2, 0.25) is 5.91 Å². The molecule has 0 radical (unpaired) electrons. The summed E-state index contributed by atoms with van der Waals surface area (Å²) in [7, 11) is 1.56. The van der Waals surface area contributed by atoms with Crippen molar-refractivity contribution in [1.29, 1.82) is 0 Å². The molecule has 0 heterocycles. The van der Waals surface area contributed by atoms with Crippen LogP contribution >= 0.6 is 0 Å². The molecule has 0 aliphatic rings. The zero-order chi connectivity index (χ0) is 30.2. The van der Waals surface area contributed by atoms with Gasteiger partial charge in [0.25, 0.3) is 5.91 Å². The number of methoxy groups -OCH3 is 1. The molecule has 220 valence electrons. The summed E-state index contributed by atoms with van der Waals surface area (Å²) in [5.41, 5.74) is 0.905. The molecule has 2 aromatic rings. The summed E-state index contributed by atoms with van der Waals surface area (Å²) in [6.07, 6.45) is 0.220. The van der Waals surface area contributed by atoms with Crippen LogP contribution in [0.3, 0.4) is 0 Å². The number of rotatable bonds is 11. The van der Waals surface area contributed by atoms with E-state index in [0.717, 1.165) is 0 Å². The molecule has 2 rings (SSSR count). The van der Waals surface area contributed by atoms with Crippen LogP contribution < -0.4 is 15.4 Å². The SMILES string of the molecule is CCC(C)N(C(=O)C(CC(C)C)NC(=O)OC(C)(C)C)C(C(=O)Nc1ccc(OC)cc1)c1ccc(O)c(C)c1. The fraction of sp³-hybridized carbons (Fsp3) is 0.516. The molecular formula is C31H45N3O6. The van der Waals surface area contributed by atoms with Gasteiger partial charge in [-0.25, -0.2) is 4.79 Å². The molecule has 3 N–H and O–H groups in total. The van der Waals surface area contributed by atoms with E-state index in [1.165, 1.54) is 11.0 Å². The average Bonchev–Trinajstić information content (AvgIpc) is 2.86. The third-order valence-corrected chi connectivity index (χ3v) is 6.44. The number of aromatic hydroxyl groups is 1. The Kier molecular flexibility index (Phi) is 11.4. The van der Waals surface area contributed by atoms with E-state index in [2.05, 4.69) is 10.6 Å². The van der Waals surface area contributed by atoms with Gasteiger partial charge in [0.1, 0.15) is 29.2 Å². The van der Waals surface area contributed by atoms with Gasteiger partial charge in [-0.3, -0.25) is 9.59 Å². The lowest BCUT2D eigenvalue weighted by Gasteiger charge is -2.38. The summed E-state index contributed by atoms with van der Waals surface area (Å²) in [5.74, 6) is -0.0160. The molecule has 3 amide bonds. The number of carbonyl (C=O) groups excluding carboxylic acids is 3. The van der Waals surface area contributed by atoms with Crippen LogP contribution in [0.1, 0.15) is 78.5 Å². The van der Waals surface area contributed by atoms with E-state index in [1.807, 2.05) is 27.7 Å². The first-order valence-electron chi connectivity index (χ1n) is 13.7. The number of carbonyl (C=O) groups is 3. The highest BCUT2D eigenvalue weighted by Gasteiger charge is 2.39. The van der Waals surface area contributed by atoms with Crippen molar-refractivity contribution in [2.75, 3.05) is 12.4 Å². The topological polar surface area (TPSA) is 117 Å². The largest absolute Gasteiger partial charge is 0.508 e. The predicted octanol–water partition coefficient (Wildman–Crippen LogP) is 5.96. The summed E-state index contributed by atoms with van der Waals surface area (Å²) < 4.78 is 10.7. The Morgan fingerprint density at radius 1 is 1.02 bits per heavy atom. The molecule has 0 bridgehead atoms. The fourth-order valence-corrected chi connectivity index (χ4v) is 4.29. The summed E-state index contributed by atoms with van der Waals surface area (Å²) in [6, 6.07) is 9.44. The summed E-state index contributed by atoms with van der Waals surface area (Å²) >= 11 is 0. The van der Waals surface area contributed by atoms with Crippen molar-refractivity contribution in [1.82, 2.24) is 10.2 Å². The van der Waals surface area contributed by atoms with Crippen LogP contribution in [0, 0.1) is 12.8 Å². The number of nitrogens with zero attached hydrogens (tertiary/aromatic N) is 1. The Balaban J connectivity index is 2.59. The first-order chi connectivity index (χ1) is 18.7. The van der Waals surface area contributed by atoms with E-state index in [0.29, 0.717) is 35.4 Å². The average molecular weight is 556 g/mol. The number of nitrogens with one attached hydrogen (secondary N) is 2. The molecule has 0 aliphatic heterocycles. The second-order valence-corrected chi connectivity index (χ2v) is 11.5. The highest BCUT2D eigenvalue weighted by molar-refractivity contribution is 5.99. The van der Waals surface area contributed by atoms with Crippen LogP contribution in [0.2, 0.25) is 0 Å². The molecule has 3 unspecified atom stereocenters. The van der Waals surface area contributed by atoms with E-state index >= 15 is 0 Å². The standard InChI is InChI=1S/C31H45N3O6/c1-10-21(5)34(29(37)25(17-19(2)3)33-30(38)40-31(6,7)8)27(22-11-16-26(35)20(4)18-22)28(36)32-23-12-14-24(39-9)15-13-23/h11-16,18-19,21,25,27,35H,10,17H2,1-9H3,(H,32,36)(H,33,38). The van der Waals surface area contributed by atoms with Crippen LogP contribution in [0.15, 0.2) is 42.5 Å². The number of anilines is 1. The molecule has 40 heavy (non-hydrogen) atoms. The lowest BCUT2D eigenvalue weighted by atomic mass is 9.96. The van der Waals surface area contributed by atoms with Gasteiger partial charge >= 0.3 is 6.09 Å². The Bertz CT molecular complexity index is 1160. The van der Waals surface area contributed by atoms with Gasteiger partial charge < -0.3 is 30.1 Å². The first-order valence-corrected chi connectivity index (χ1v) is 13.7. The van der Waals surface area contributed by atoms with Crippen molar-refractivity contribution >= 4 is 23.6 Å². The zero-order valence-electron chi connectivity index (χ0n) is 25.2. The van der Waals surface area contributed by atoms with Gasteiger partial charge in [-0.1, -0.05) is 26.8 Å². The zero-order valence-corrected chi connectivity index (χ0v) is 25.2. The molecule has 9 nitrogen and oxygen atoms in total. The molecule has 0 saturated carbocycles. The van der Waals surface area contributed by atoms with Crippen molar-refractivity contribution in [2.24, 2.45) is 5.92 Å². The Hall–Kier alpha value is -3.75. The Labute approximate surface area is 238 Å². The lowest BCUT2D eigenvalue weighted by molar-refractivity contribution is -0.143. The molecule has 0 spiro atoms. The number of benzene rings is 2. The van der Waals surface area contributed by atoms with Crippen molar-refractivity contribution in [2.45, 2.75) is 92.0 Å². The summed E-state index contributed by atoms with van der Waals surface area (Å²) in [4.78, 5) is 42.6. The molecular weight excluding hydrogens is 510 g/mol. The van der Waals surface area contributed by atoms with Gasteiger partial charge in [-0.05, 0) is 101 Å². The second kappa shape index (κ2) is 14.1. The Morgan fingerprint density at radius 2 is 1.65 bits per heavy atom. The van der Waals surface area contributed by atoms with Gasteiger partial charge in [0, 0.05) is 11.7 Å². The third-order valence-electron chi connectivity index (χ3n) is 6.44. The predicted molar refractivity (Wildman–Crippen MR) is 156 cm³/mol. The maximum absolute atomic E-state index is 14.3. The van der Waals surface area contributed by atoms with Crippen molar-refractivity contribution in [3.05, 3.63) is 53.6 Å². The molecule has 9 heteroatoms. The van der Waals surface area contributed by atoms with Gasteiger partial charge in [0.05, 0.1) is 7.11 Å². The van der Waals surface area contributed by atoms with Crippen LogP contribution in [-0.4, -0.2) is 52.7 Å². The summed E-state index contributed by atoms with van der Waals surface area (Å²) in [6.45, 7) is 14.7. The Morgan fingerprint density at radius 3 is 2.15 bits per heavy atom. The highest BCUT2D eigenvalue weighted by Crippen LogP contribution is 2.31. The molecule has 3 atom stereocenters. The molecule has 0 fully saturated rings. The van der Waals surface area contributed by atoms with Crippen LogP contribution in [0.5, 0.6) is 11.5 Å². The van der Waals surface area contributed by atoms with Gasteiger partial charge in [-0.15, -0.1) is 0 Å². The number of ether oxygens (including phenoxy) is 2. The van der Waals surface area contributed by atoms with E-state index in [4.69, 9.17) is 9.47 Å². The van der Waals surface area contributed by atoms with Crippen LogP contribution in [0.4, 0.5) is 10.5 Å². The van der Waals surface area contributed by atoms with E-state index < -0.39 is 35.6 Å². The number of alkyl carbamates (subject to hydrolysis) is 1. The monoisotopic (exact) mass is 555 g/mol. The summed E-state index contributed by atoms with van der Waals surface area (Å²) in [5, 5.41) is 15.9. The third kappa shape index (κ3) is 9.17. The van der Waals surface area contributed by atoms with Crippen molar-refractivity contribution < 1.29 is 29.0 Å². The molecule has 0 saturated heterocycles. The minimum absolute atomic E-state index is 0.0742.